The normalized spacial score (nSPS) is 18.1. The monoisotopic (exact) mass is 709 g/mol. The van der Waals surface area contributed by atoms with Crippen LogP contribution in [0.1, 0.15) is 30.0 Å². The number of hydrogen-bond acceptors (Lipinski definition) is 11. The van der Waals surface area contributed by atoms with Gasteiger partial charge in [-0.25, -0.2) is 17.7 Å². The van der Waals surface area contributed by atoms with Gasteiger partial charge < -0.3 is 14.4 Å². The van der Waals surface area contributed by atoms with E-state index in [-0.39, 0.29) is 39.3 Å². The second-order valence-electron chi connectivity index (χ2n) is 11.7. The predicted molar refractivity (Wildman–Crippen MR) is 188 cm³/mol. The van der Waals surface area contributed by atoms with E-state index in [2.05, 4.69) is 25.9 Å². The number of halogens is 1. The second kappa shape index (κ2) is 13.2. The molecule has 1 unspecified atom stereocenters. The summed E-state index contributed by atoms with van der Waals surface area (Å²) in [5.74, 6) is -0.234. The zero-order chi connectivity index (χ0) is 35.0. The lowest BCUT2D eigenvalue weighted by molar-refractivity contribution is -0.126. The summed E-state index contributed by atoms with van der Waals surface area (Å²) in [6.45, 7) is 3.93. The highest BCUT2D eigenvalue weighted by atomic mass is 35.5. The summed E-state index contributed by atoms with van der Waals surface area (Å²) in [4.78, 5) is 32.7. The van der Waals surface area contributed by atoms with Crippen LogP contribution in [0.4, 0.5) is 11.4 Å². The van der Waals surface area contributed by atoms with Crippen molar-refractivity contribution in [3.63, 3.8) is 0 Å². The Morgan fingerprint density at radius 2 is 1.80 bits per heavy atom. The Morgan fingerprint density at radius 1 is 0.980 bits per heavy atom. The van der Waals surface area contributed by atoms with Gasteiger partial charge in [0.05, 0.1) is 36.6 Å². The molecular formula is C36H32ClN7O5S. The first-order valence-corrected chi connectivity index (χ1v) is 17.8. The fraction of sp³-hybridized carbons (Fsp3) is 0.250. The number of carbonyl (C=O) groups is 1. The average molecular weight is 710 g/mol. The van der Waals surface area contributed by atoms with Crippen LogP contribution in [0, 0.1) is 11.3 Å². The number of hydrogen-bond donors (Lipinski definition) is 0. The molecule has 0 spiro atoms. The molecule has 5 heterocycles. The molecule has 50 heavy (non-hydrogen) atoms. The topological polar surface area (TPSA) is 142 Å². The highest BCUT2D eigenvalue weighted by molar-refractivity contribution is 7.93. The first-order valence-electron chi connectivity index (χ1n) is 16.0. The van der Waals surface area contributed by atoms with Crippen molar-refractivity contribution in [2.45, 2.75) is 23.8 Å². The number of fused-ring (bicyclic) bond motifs is 2. The molecule has 1 saturated heterocycles. The Bertz CT molecular complexity index is 2270. The number of anilines is 2. The molecule has 2 aliphatic rings. The molecule has 3 aromatic heterocycles. The summed E-state index contributed by atoms with van der Waals surface area (Å²) in [5, 5.41) is 10.7. The lowest BCUT2D eigenvalue weighted by Gasteiger charge is -2.40. The molecule has 0 bridgehead atoms. The van der Waals surface area contributed by atoms with E-state index in [1.807, 2.05) is 17.0 Å². The van der Waals surface area contributed by atoms with Gasteiger partial charge in [0.1, 0.15) is 15.8 Å². The van der Waals surface area contributed by atoms with Crippen molar-refractivity contribution in [3.05, 3.63) is 107 Å². The Morgan fingerprint density at radius 3 is 2.56 bits per heavy atom. The van der Waals surface area contributed by atoms with Crippen LogP contribution < -0.4 is 18.7 Å². The molecule has 1 amide bonds. The number of pyridine rings is 3. The molecule has 1 fully saturated rings. The predicted octanol–water partition coefficient (Wildman–Crippen LogP) is 5.15. The van der Waals surface area contributed by atoms with Crippen molar-refractivity contribution in [3.8, 4) is 17.7 Å². The van der Waals surface area contributed by atoms with E-state index in [0.29, 0.717) is 54.9 Å². The van der Waals surface area contributed by atoms with Gasteiger partial charge in [-0.3, -0.25) is 19.7 Å². The number of aromatic nitrogens is 3. The molecule has 0 N–H and O–H groups in total. The van der Waals surface area contributed by atoms with Crippen LogP contribution >= 0.6 is 11.6 Å². The lowest BCUT2D eigenvalue weighted by Crippen LogP contribution is -2.56. The SMILES string of the molecule is CCOc1nc(Cl)ccc1C1(N2CCCN(c3ccncc3)CC2)C(=O)N(S(=O)(=O)c2ccc(OC)c3cccnc23)c2ccc(C#N)cc21. The minimum atomic E-state index is -4.63. The van der Waals surface area contributed by atoms with Gasteiger partial charge in [0, 0.05) is 67.0 Å². The molecule has 0 aliphatic carbocycles. The first-order chi connectivity index (χ1) is 24.2. The van der Waals surface area contributed by atoms with E-state index in [1.54, 1.807) is 55.7 Å². The number of nitriles is 1. The molecule has 0 radical (unpaired) electrons. The quantitative estimate of drug-likeness (QED) is 0.198. The highest BCUT2D eigenvalue weighted by Crippen LogP contribution is 2.53. The number of amides is 1. The van der Waals surface area contributed by atoms with Crippen molar-refractivity contribution in [1.82, 2.24) is 19.9 Å². The van der Waals surface area contributed by atoms with Gasteiger partial charge in [0.2, 0.25) is 5.88 Å². The number of ether oxygens (including phenoxy) is 2. The van der Waals surface area contributed by atoms with E-state index < -0.39 is 21.5 Å². The van der Waals surface area contributed by atoms with Gasteiger partial charge in [0.25, 0.3) is 15.9 Å². The molecule has 12 nitrogen and oxygen atoms in total. The Hall–Kier alpha value is -5.29. The van der Waals surface area contributed by atoms with Crippen LogP contribution in [-0.2, 0) is 20.4 Å². The summed E-state index contributed by atoms with van der Waals surface area (Å²) in [7, 11) is -3.14. The number of benzene rings is 2. The van der Waals surface area contributed by atoms with E-state index in [4.69, 9.17) is 21.1 Å². The van der Waals surface area contributed by atoms with Crippen LogP contribution in [0.15, 0.2) is 90.2 Å². The van der Waals surface area contributed by atoms with Gasteiger partial charge in [-0.15, -0.1) is 0 Å². The third-order valence-electron chi connectivity index (χ3n) is 9.15. The number of rotatable bonds is 8. The zero-order valence-electron chi connectivity index (χ0n) is 27.3. The smallest absolute Gasteiger partial charge is 0.273 e. The molecule has 0 saturated carbocycles. The highest BCUT2D eigenvalue weighted by Gasteiger charge is 2.61. The molecule has 5 aromatic rings. The van der Waals surface area contributed by atoms with Gasteiger partial charge in [-0.1, -0.05) is 11.6 Å². The van der Waals surface area contributed by atoms with Crippen molar-refractivity contribution in [2.24, 2.45) is 0 Å². The van der Waals surface area contributed by atoms with Crippen LogP contribution in [0.2, 0.25) is 5.15 Å². The van der Waals surface area contributed by atoms with Crippen molar-refractivity contribution in [2.75, 3.05) is 49.1 Å². The number of nitrogens with zero attached hydrogens (tertiary/aromatic N) is 7. The van der Waals surface area contributed by atoms with Crippen LogP contribution in [0.3, 0.4) is 0 Å². The first kappa shape index (κ1) is 33.2. The molecular weight excluding hydrogens is 678 g/mol. The summed E-state index contributed by atoms with van der Waals surface area (Å²) < 4.78 is 42.4. The van der Waals surface area contributed by atoms with E-state index in [0.717, 1.165) is 9.99 Å². The minimum Gasteiger partial charge on any atom is -0.496 e. The Labute approximate surface area is 294 Å². The van der Waals surface area contributed by atoms with Crippen LogP contribution in [0.5, 0.6) is 11.6 Å². The van der Waals surface area contributed by atoms with Gasteiger partial charge in [-0.2, -0.15) is 5.26 Å². The van der Waals surface area contributed by atoms with E-state index in [9.17, 15) is 5.26 Å². The minimum absolute atomic E-state index is 0.0905. The standard InChI is InChI=1S/C36H32ClN7O5S/c1-3-49-34-27(8-12-32(37)41-34)36(43-19-5-18-42(20-21-43)25-13-16-39-17-14-25)28-22-24(23-38)7-9-29(28)44(35(36)45)50(46,47)31-11-10-30(48-2)26-6-4-15-40-33(26)31/h4,6-17,22H,3,5,18-21H2,1-2H3. The number of sulfonamides is 1. The van der Waals surface area contributed by atoms with Crippen LogP contribution in [-0.4, -0.2) is 74.1 Å². The van der Waals surface area contributed by atoms with Crippen LogP contribution in [0.25, 0.3) is 10.9 Å². The summed E-state index contributed by atoms with van der Waals surface area (Å²) >= 11 is 6.38. The molecule has 14 heteroatoms. The summed E-state index contributed by atoms with van der Waals surface area (Å²) in [5.41, 5.74) is 0.356. The Balaban J connectivity index is 1.48. The molecule has 1 atom stereocenters. The summed E-state index contributed by atoms with van der Waals surface area (Å²) in [6.07, 6.45) is 5.58. The molecule has 2 aliphatic heterocycles. The second-order valence-corrected chi connectivity index (χ2v) is 13.9. The molecule has 254 valence electrons. The fourth-order valence-corrected chi connectivity index (χ4v) is 8.78. The number of methoxy groups -OCH3 is 1. The fourth-order valence-electron chi connectivity index (χ4n) is 7.03. The molecule has 7 rings (SSSR count). The van der Waals surface area contributed by atoms with Crippen molar-refractivity contribution < 1.29 is 22.7 Å². The van der Waals surface area contributed by atoms with Crippen molar-refractivity contribution >= 4 is 49.8 Å². The van der Waals surface area contributed by atoms with Gasteiger partial charge >= 0.3 is 0 Å². The van der Waals surface area contributed by atoms with E-state index >= 15 is 13.2 Å². The number of carbonyl (C=O) groups excluding carboxylic acids is 1. The molecule has 2 aromatic carbocycles. The Kier molecular flexibility index (Phi) is 8.77. The maximum Gasteiger partial charge on any atom is 0.273 e. The maximum atomic E-state index is 15.6. The average Bonchev–Trinajstić information content (AvgIpc) is 3.24. The zero-order valence-corrected chi connectivity index (χ0v) is 28.9. The largest absolute Gasteiger partial charge is 0.496 e. The third-order valence-corrected chi connectivity index (χ3v) is 11.1. The third kappa shape index (κ3) is 5.27. The van der Waals surface area contributed by atoms with E-state index in [1.165, 1.54) is 31.5 Å². The summed E-state index contributed by atoms with van der Waals surface area (Å²) in [6, 6.07) is 20.2. The maximum absolute atomic E-state index is 15.6. The lowest BCUT2D eigenvalue weighted by atomic mass is 9.81. The van der Waals surface area contributed by atoms with Gasteiger partial charge in [0.15, 0.2) is 5.54 Å². The van der Waals surface area contributed by atoms with Gasteiger partial charge in [-0.05, 0) is 80.1 Å². The van der Waals surface area contributed by atoms with Crippen molar-refractivity contribution in [1.29, 1.82) is 5.26 Å².